The zero-order chi connectivity index (χ0) is 22.0. The number of aryl methyl sites for hydroxylation is 1. The zero-order valence-electron chi connectivity index (χ0n) is 17.4. The Balaban J connectivity index is 1.63. The van der Waals surface area contributed by atoms with Gasteiger partial charge in [0.15, 0.2) is 5.16 Å². The lowest BCUT2D eigenvalue weighted by Gasteiger charge is -2.09. The molecule has 1 aromatic carbocycles. The Morgan fingerprint density at radius 1 is 1.19 bits per heavy atom. The first-order valence-corrected chi connectivity index (χ1v) is 10.9. The van der Waals surface area contributed by atoms with Gasteiger partial charge in [-0.2, -0.15) is 4.98 Å². The SMILES string of the molecule is CCNc1nc(SCc2nc(N)c3c(C(=O)OCC)c(C)oc3n2)nc2ccccc12. The van der Waals surface area contributed by atoms with E-state index in [2.05, 4.69) is 25.3 Å². The standard InChI is InChI=1S/C21H22N6O3S/c1-4-23-18-12-8-6-7-9-13(12)24-21(27-18)31-10-14-25-17(22)16-15(20(28)29-5-2)11(3)30-19(16)26-14/h6-9H,4-5,10H2,1-3H3,(H2,22,25,26)(H,23,24,27). The number of benzene rings is 1. The molecular formula is C21H22N6O3S. The van der Waals surface area contributed by atoms with Crippen molar-refractivity contribution in [3.05, 3.63) is 41.4 Å². The number of hydrogen-bond acceptors (Lipinski definition) is 10. The summed E-state index contributed by atoms with van der Waals surface area (Å²) < 4.78 is 10.8. The van der Waals surface area contributed by atoms with Gasteiger partial charge in [0.05, 0.1) is 23.3 Å². The highest BCUT2D eigenvalue weighted by molar-refractivity contribution is 7.98. The first-order chi connectivity index (χ1) is 15.0. The quantitative estimate of drug-likeness (QED) is 0.248. The molecule has 0 amide bonds. The Morgan fingerprint density at radius 2 is 2.00 bits per heavy atom. The van der Waals surface area contributed by atoms with Crippen LogP contribution >= 0.6 is 11.8 Å². The van der Waals surface area contributed by atoms with Crippen molar-refractivity contribution in [2.24, 2.45) is 0 Å². The number of para-hydroxylation sites is 1. The van der Waals surface area contributed by atoms with E-state index < -0.39 is 5.97 Å². The van der Waals surface area contributed by atoms with Crippen LogP contribution in [0.25, 0.3) is 22.0 Å². The molecule has 0 fully saturated rings. The Labute approximate surface area is 182 Å². The summed E-state index contributed by atoms with van der Waals surface area (Å²) in [6, 6.07) is 7.84. The smallest absolute Gasteiger partial charge is 0.342 e. The van der Waals surface area contributed by atoms with Crippen molar-refractivity contribution in [3.63, 3.8) is 0 Å². The Hall–Kier alpha value is -3.40. The number of nitrogens with zero attached hydrogens (tertiary/aromatic N) is 4. The first kappa shape index (κ1) is 20.9. The number of anilines is 2. The molecule has 0 bridgehead atoms. The van der Waals surface area contributed by atoms with E-state index in [0.717, 1.165) is 23.3 Å². The number of thioether (sulfide) groups is 1. The van der Waals surface area contributed by atoms with Gasteiger partial charge < -0.3 is 20.2 Å². The fourth-order valence-corrected chi connectivity index (χ4v) is 3.95. The number of esters is 1. The lowest BCUT2D eigenvalue weighted by molar-refractivity contribution is 0.0526. The van der Waals surface area contributed by atoms with Crippen molar-refractivity contribution in [2.45, 2.75) is 31.7 Å². The molecule has 4 aromatic rings. The number of rotatable bonds is 7. The van der Waals surface area contributed by atoms with Gasteiger partial charge in [0.2, 0.25) is 5.71 Å². The molecule has 0 spiro atoms. The molecule has 3 heterocycles. The predicted molar refractivity (Wildman–Crippen MR) is 120 cm³/mol. The number of furan rings is 1. The van der Waals surface area contributed by atoms with Crippen LogP contribution in [0.15, 0.2) is 33.8 Å². The largest absolute Gasteiger partial charge is 0.462 e. The number of carbonyl (C=O) groups excluding carboxylic acids is 1. The van der Waals surface area contributed by atoms with Gasteiger partial charge in [-0.1, -0.05) is 23.9 Å². The topological polar surface area (TPSA) is 129 Å². The van der Waals surface area contributed by atoms with Crippen LogP contribution in [0.2, 0.25) is 0 Å². The summed E-state index contributed by atoms with van der Waals surface area (Å²) in [7, 11) is 0. The second kappa shape index (κ2) is 8.76. The van der Waals surface area contributed by atoms with Gasteiger partial charge in [-0.15, -0.1) is 0 Å². The highest BCUT2D eigenvalue weighted by atomic mass is 32.2. The molecule has 0 unspecified atom stereocenters. The van der Waals surface area contributed by atoms with Crippen molar-refractivity contribution < 1.29 is 13.9 Å². The molecule has 9 nitrogen and oxygen atoms in total. The maximum atomic E-state index is 12.3. The van der Waals surface area contributed by atoms with Crippen LogP contribution in [0.3, 0.4) is 0 Å². The van der Waals surface area contributed by atoms with Crippen LogP contribution in [0.4, 0.5) is 11.6 Å². The number of carbonyl (C=O) groups is 1. The third-order valence-electron chi connectivity index (χ3n) is 4.54. The maximum Gasteiger partial charge on any atom is 0.342 e. The molecule has 160 valence electrons. The number of nitrogens with two attached hydrogens (primary N) is 1. The molecule has 0 aliphatic heterocycles. The summed E-state index contributed by atoms with van der Waals surface area (Å²) in [6.07, 6.45) is 0. The molecule has 3 aromatic heterocycles. The predicted octanol–water partition coefficient (Wildman–Crippen LogP) is 3.96. The van der Waals surface area contributed by atoms with Crippen molar-refractivity contribution >= 4 is 51.4 Å². The first-order valence-electron chi connectivity index (χ1n) is 9.87. The minimum Gasteiger partial charge on any atom is -0.462 e. The molecule has 10 heteroatoms. The second-order valence-electron chi connectivity index (χ2n) is 6.65. The van der Waals surface area contributed by atoms with E-state index in [1.165, 1.54) is 11.8 Å². The van der Waals surface area contributed by atoms with Crippen molar-refractivity contribution in [2.75, 3.05) is 24.2 Å². The Morgan fingerprint density at radius 3 is 2.77 bits per heavy atom. The average Bonchev–Trinajstić information content (AvgIpc) is 3.09. The van der Waals surface area contributed by atoms with Crippen LogP contribution in [-0.4, -0.2) is 39.1 Å². The van der Waals surface area contributed by atoms with E-state index in [1.807, 2.05) is 31.2 Å². The molecular weight excluding hydrogens is 416 g/mol. The molecule has 0 atom stereocenters. The minimum atomic E-state index is -0.503. The lowest BCUT2D eigenvalue weighted by Crippen LogP contribution is -2.07. The van der Waals surface area contributed by atoms with Crippen LogP contribution in [-0.2, 0) is 10.5 Å². The molecule has 4 rings (SSSR count). The number of nitrogens with one attached hydrogen (secondary N) is 1. The highest BCUT2D eigenvalue weighted by Crippen LogP contribution is 2.31. The lowest BCUT2D eigenvalue weighted by atomic mass is 10.2. The van der Waals surface area contributed by atoms with Gasteiger partial charge in [-0.3, -0.25) is 0 Å². The van der Waals surface area contributed by atoms with Gasteiger partial charge in [0.1, 0.15) is 28.8 Å². The summed E-state index contributed by atoms with van der Waals surface area (Å²) in [6.45, 7) is 6.43. The van der Waals surface area contributed by atoms with Crippen LogP contribution in [0, 0.1) is 6.92 Å². The normalized spacial score (nSPS) is 11.2. The fourth-order valence-electron chi connectivity index (χ4n) is 3.25. The van der Waals surface area contributed by atoms with Gasteiger partial charge in [0, 0.05) is 11.9 Å². The highest BCUT2D eigenvalue weighted by Gasteiger charge is 2.24. The summed E-state index contributed by atoms with van der Waals surface area (Å²) in [5.41, 5.74) is 7.52. The minimum absolute atomic E-state index is 0.174. The number of hydrogen-bond donors (Lipinski definition) is 2. The van der Waals surface area contributed by atoms with E-state index in [1.54, 1.807) is 13.8 Å². The summed E-state index contributed by atoms with van der Waals surface area (Å²) in [5, 5.41) is 5.22. The molecule has 3 N–H and O–H groups in total. The molecule has 0 saturated heterocycles. The third kappa shape index (κ3) is 4.11. The fraction of sp³-hybridized carbons (Fsp3) is 0.286. The van der Waals surface area contributed by atoms with Crippen LogP contribution in [0.5, 0.6) is 0 Å². The number of fused-ring (bicyclic) bond motifs is 2. The molecule has 0 aliphatic carbocycles. The molecule has 0 aliphatic rings. The van der Waals surface area contributed by atoms with Gasteiger partial charge in [0.25, 0.3) is 0 Å². The van der Waals surface area contributed by atoms with E-state index in [-0.39, 0.29) is 23.7 Å². The third-order valence-corrected chi connectivity index (χ3v) is 5.38. The van der Waals surface area contributed by atoms with E-state index in [9.17, 15) is 4.79 Å². The van der Waals surface area contributed by atoms with Gasteiger partial charge in [-0.25, -0.2) is 19.7 Å². The molecule has 31 heavy (non-hydrogen) atoms. The summed E-state index contributed by atoms with van der Waals surface area (Å²) >= 11 is 1.40. The van der Waals surface area contributed by atoms with Crippen molar-refractivity contribution in [1.29, 1.82) is 0 Å². The average molecular weight is 439 g/mol. The molecule has 0 radical (unpaired) electrons. The number of ether oxygens (including phenoxy) is 1. The van der Waals surface area contributed by atoms with Crippen molar-refractivity contribution in [3.8, 4) is 0 Å². The Kier molecular flexibility index (Phi) is 5.90. The Bertz CT molecular complexity index is 1270. The second-order valence-corrected chi connectivity index (χ2v) is 7.59. The number of aromatic nitrogens is 4. The molecule has 0 saturated carbocycles. The van der Waals surface area contributed by atoms with E-state index in [4.69, 9.17) is 14.9 Å². The number of nitrogen functional groups attached to an aromatic ring is 1. The van der Waals surface area contributed by atoms with Gasteiger partial charge >= 0.3 is 5.97 Å². The summed E-state index contributed by atoms with van der Waals surface area (Å²) in [5.74, 6) is 1.70. The zero-order valence-corrected chi connectivity index (χ0v) is 18.2. The maximum absolute atomic E-state index is 12.3. The van der Waals surface area contributed by atoms with Crippen LogP contribution in [0.1, 0.15) is 35.8 Å². The summed E-state index contributed by atoms with van der Waals surface area (Å²) in [4.78, 5) is 30.3. The van der Waals surface area contributed by atoms with E-state index in [0.29, 0.717) is 27.9 Å². The van der Waals surface area contributed by atoms with Crippen LogP contribution < -0.4 is 11.1 Å². The van der Waals surface area contributed by atoms with Gasteiger partial charge in [-0.05, 0) is 32.9 Å². The monoisotopic (exact) mass is 438 g/mol. The van der Waals surface area contributed by atoms with E-state index >= 15 is 0 Å². The van der Waals surface area contributed by atoms with Crippen molar-refractivity contribution in [1.82, 2.24) is 19.9 Å².